The van der Waals surface area contributed by atoms with E-state index in [1.54, 1.807) is 0 Å². The van der Waals surface area contributed by atoms with Gasteiger partial charge >= 0.3 is 0 Å². The lowest BCUT2D eigenvalue weighted by Crippen LogP contribution is -2.37. The lowest BCUT2D eigenvalue weighted by atomic mass is 10.1. The van der Waals surface area contributed by atoms with Crippen molar-refractivity contribution in [2.45, 2.75) is 25.4 Å². The Bertz CT molecular complexity index is 577. The molecule has 0 aromatic heterocycles. The van der Waals surface area contributed by atoms with Gasteiger partial charge in [0, 0.05) is 30.2 Å². The normalized spacial score (nSPS) is 22.6. The topological polar surface area (TPSA) is 49.4 Å². The van der Waals surface area contributed by atoms with E-state index in [0.717, 1.165) is 30.1 Å². The fourth-order valence-corrected chi connectivity index (χ4v) is 4.65. The van der Waals surface area contributed by atoms with Crippen molar-refractivity contribution in [1.29, 1.82) is 0 Å². The van der Waals surface area contributed by atoms with Crippen LogP contribution in [0.2, 0.25) is 5.02 Å². The van der Waals surface area contributed by atoms with E-state index in [0.29, 0.717) is 5.75 Å². The molecule has 4 nitrogen and oxygen atoms in total. The van der Waals surface area contributed by atoms with Gasteiger partial charge in [-0.3, -0.25) is 4.90 Å². The van der Waals surface area contributed by atoms with Crippen molar-refractivity contribution in [2.24, 2.45) is 0 Å². The number of sulfone groups is 1. The third-order valence-electron chi connectivity index (χ3n) is 4.15. The van der Waals surface area contributed by atoms with Crippen LogP contribution in [0.4, 0.5) is 0 Å². The van der Waals surface area contributed by atoms with Crippen LogP contribution in [0.3, 0.4) is 0 Å². The van der Waals surface area contributed by atoms with Crippen LogP contribution in [0.5, 0.6) is 0 Å². The summed E-state index contributed by atoms with van der Waals surface area (Å²) in [6, 6.07) is 8.21. The Labute approximate surface area is 132 Å². The molecule has 21 heavy (non-hydrogen) atoms. The Morgan fingerprint density at radius 3 is 2.76 bits per heavy atom. The summed E-state index contributed by atoms with van der Waals surface area (Å²) < 4.78 is 22.8. The van der Waals surface area contributed by atoms with Gasteiger partial charge in [0.2, 0.25) is 0 Å². The van der Waals surface area contributed by atoms with E-state index >= 15 is 0 Å². The van der Waals surface area contributed by atoms with Gasteiger partial charge in [0.15, 0.2) is 9.84 Å². The molecule has 0 aliphatic carbocycles. The zero-order valence-electron chi connectivity index (χ0n) is 12.5. The summed E-state index contributed by atoms with van der Waals surface area (Å²) in [6.45, 7) is 3.76. The largest absolute Gasteiger partial charge is 0.312 e. The monoisotopic (exact) mass is 330 g/mol. The molecular weight excluding hydrogens is 308 g/mol. The van der Waals surface area contributed by atoms with Crippen LogP contribution in [0.25, 0.3) is 0 Å². The van der Waals surface area contributed by atoms with Gasteiger partial charge in [-0.15, -0.1) is 0 Å². The third-order valence-corrected chi connectivity index (χ3v) is 6.26. The van der Waals surface area contributed by atoms with E-state index in [9.17, 15) is 8.42 Å². The second-order valence-electron chi connectivity index (χ2n) is 5.73. The molecule has 2 rings (SSSR count). The SMILES string of the molecule is CC(c1ccccc1Cl)N(C)CCNC1CCS(=O)(=O)C1. The van der Waals surface area contributed by atoms with Crippen LogP contribution in [0, 0.1) is 0 Å². The molecule has 2 atom stereocenters. The molecule has 1 N–H and O–H groups in total. The van der Waals surface area contributed by atoms with Crippen LogP contribution in [-0.2, 0) is 9.84 Å². The molecule has 0 radical (unpaired) electrons. The van der Waals surface area contributed by atoms with Crippen molar-refractivity contribution in [3.05, 3.63) is 34.9 Å². The molecule has 0 spiro atoms. The quantitative estimate of drug-likeness (QED) is 0.868. The van der Waals surface area contributed by atoms with E-state index in [1.807, 2.05) is 24.3 Å². The Kier molecular flexibility index (Phi) is 5.66. The first-order valence-corrected chi connectivity index (χ1v) is 9.47. The minimum atomic E-state index is -2.80. The molecule has 1 fully saturated rings. The van der Waals surface area contributed by atoms with E-state index in [2.05, 4.69) is 24.2 Å². The van der Waals surface area contributed by atoms with Crippen molar-refractivity contribution >= 4 is 21.4 Å². The maximum absolute atomic E-state index is 11.4. The lowest BCUT2D eigenvalue weighted by Gasteiger charge is -2.26. The first kappa shape index (κ1) is 16.7. The molecule has 1 aliphatic heterocycles. The van der Waals surface area contributed by atoms with Gasteiger partial charge in [0.05, 0.1) is 11.5 Å². The van der Waals surface area contributed by atoms with Crippen molar-refractivity contribution in [3.8, 4) is 0 Å². The minimum absolute atomic E-state index is 0.110. The Morgan fingerprint density at radius 1 is 1.43 bits per heavy atom. The summed E-state index contributed by atoms with van der Waals surface area (Å²) >= 11 is 6.22. The maximum atomic E-state index is 11.4. The molecule has 1 saturated heterocycles. The average molecular weight is 331 g/mol. The van der Waals surface area contributed by atoms with Crippen molar-refractivity contribution in [3.63, 3.8) is 0 Å². The lowest BCUT2D eigenvalue weighted by molar-refractivity contribution is 0.258. The molecule has 118 valence electrons. The van der Waals surface area contributed by atoms with Crippen LogP contribution >= 0.6 is 11.6 Å². The molecule has 1 aliphatic rings. The number of nitrogens with one attached hydrogen (secondary N) is 1. The Balaban J connectivity index is 1.80. The second-order valence-corrected chi connectivity index (χ2v) is 8.37. The third kappa shape index (κ3) is 4.68. The number of hydrogen-bond acceptors (Lipinski definition) is 4. The number of benzene rings is 1. The number of hydrogen-bond donors (Lipinski definition) is 1. The highest BCUT2D eigenvalue weighted by Crippen LogP contribution is 2.25. The van der Waals surface area contributed by atoms with Gasteiger partial charge in [-0.25, -0.2) is 8.42 Å². The summed E-state index contributed by atoms with van der Waals surface area (Å²) in [7, 11) is -0.748. The smallest absolute Gasteiger partial charge is 0.151 e. The van der Waals surface area contributed by atoms with Crippen LogP contribution < -0.4 is 5.32 Å². The van der Waals surface area contributed by atoms with Crippen molar-refractivity contribution in [2.75, 3.05) is 31.6 Å². The standard InChI is InChI=1S/C15H23ClN2O2S/c1-12(14-5-3-4-6-15(14)16)18(2)9-8-17-13-7-10-21(19,20)11-13/h3-6,12-13,17H,7-11H2,1-2H3. The van der Waals surface area contributed by atoms with Gasteiger partial charge in [-0.1, -0.05) is 29.8 Å². The molecule has 1 heterocycles. The fourth-order valence-electron chi connectivity index (χ4n) is 2.65. The molecule has 0 saturated carbocycles. The van der Waals surface area contributed by atoms with E-state index in [-0.39, 0.29) is 17.8 Å². The zero-order chi connectivity index (χ0) is 15.5. The molecule has 6 heteroatoms. The highest BCUT2D eigenvalue weighted by Gasteiger charge is 2.27. The van der Waals surface area contributed by atoms with Crippen molar-refractivity contribution < 1.29 is 8.42 Å². The zero-order valence-corrected chi connectivity index (χ0v) is 14.1. The molecule has 0 bridgehead atoms. The van der Waals surface area contributed by atoms with E-state index in [4.69, 9.17) is 11.6 Å². The fraction of sp³-hybridized carbons (Fsp3) is 0.600. The molecular formula is C15H23ClN2O2S. The second kappa shape index (κ2) is 7.09. The summed E-state index contributed by atoms with van der Waals surface area (Å²) in [4.78, 5) is 2.22. The minimum Gasteiger partial charge on any atom is -0.312 e. The van der Waals surface area contributed by atoms with Crippen LogP contribution in [0.1, 0.15) is 24.9 Å². The maximum Gasteiger partial charge on any atom is 0.151 e. The van der Waals surface area contributed by atoms with Gasteiger partial charge in [0.1, 0.15) is 0 Å². The van der Waals surface area contributed by atoms with Gasteiger partial charge in [-0.05, 0) is 32.0 Å². The summed E-state index contributed by atoms with van der Waals surface area (Å²) in [5.74, 6) is 0.591. The van der Waals surface area contributed by atoms with Gasteiger partial charge < -0.3 is 5.32 Å². The highest BCUT2D eigenvalue weighted by molar-refractivity contribution is 7.91. The first-order valence-electron chi connectivity index (χ1n) is 7.27. The van der Waals surface area contributed by atoms with Crippen LogP contribution in [0.15, 0.2) is 24.3 Å². The van der Waals surface area contributed by atoms with E-state index in [1.165, 1.54) is 0 Å². The average Bonchev–Trinajstić information content (AvgIpc) is 2.78. The molecule has 1 aromatic carbocycles. The summed E-state index contributed by atoms with van der Waals surface area (Å²) in [5.41, 5.74) is 1.12. The highest BCUT2D eigenvalue weighted by atomic mass is 35.5. The summed E-state index contributed by atoms with van der Waals surface area (Å²) in [6.07, 6.45) is 0.728. The molecule has 2 unspecified atom stereocenters. The van der Waals surface area contributed by atoms with Crippen molar-refractivity contribution in [1.82, 2.24) is 10.2 Å². The number of rotatable bonds is 6. The number of halogens is 1. The first-order chi connectivity index (χ1) is 9.89. The number of nitrogens with zero attached hydrogens (tertiary/aromatic N) is 1. The Hall–Kier alpha value is -0.620. The molecule has 0 amide bonds. The van der Waals surface area contributed by atoms with Gasteiger partial charge in [-0.2, -0.15) is 0 Å². The predicted octanol–water partition coefficient (Wildman–Crippen LogP) is 2.11. The molecule has 1 aromatic rings. The summed E-state index contributed by atoms with van der Waals surface area (Å²) in [5, 5.41) is 4.12. The predicted molar refractivity (Wildman–Crippen MR) is 87.6 cm³/mol. The number of likely N-dealkylation sites (N-methyl/N-ethyl adjacent to an activating group) is 1. The Morgan fingerprint density at radius 2 is 2.14 bits per heavy atom. The van der Waals surface area contributed by atoms with E-state index < -0.39 is 9.84 Å². The van der Waals surface area contributed by atoms with Gasteiger partial charge in [0.25, 0.3) is 0 Å². The van der Waals surface area contributed by atoms with Crippen LogP contribution in [-0.4, -0.2) is 51.0 Å².